The average Bonchev–Trinajstić information content (AvgIpc) is 2.62. The summed E-state index contributed by atoms with van der Waals surface area (Å²) >= 11 is 0. The number of nitrogen functional groups attached to an aromatic ring is 1. The number of rotatable bonds is 9. The Balaban J connectivity index is 1.65. The average molecular weight is 334 g/mol. The summed E-state index contributed by atoms with van der Waals surface area (Å²) in [6.45, 7) is 2.28. The molecule has 0 saturated carbocycles. The van der Waals surface area contributed by atoms with E-state index in [-0.39, 0.29) is 0 Å². The van der Waals surface area contributed by atoms with Gasteiger partial charge in [0, 0.05) is 5.69 Å². The molecule has 25 heavy (non-hydrogen) atoms. The van der Waals surface area contributed by atoms with E-state index in [1.54, 1.807) is 0 Å². The van der Waals surface area contributed by atoms with Crippen molar-refractivity contribution in [3.63, 3.8) is 0 Å². The van der Waals surface area contributed by atoms with Crippen LogP contribution in [0.1, 0.15) is 63.9 Å². The third-order valence-corrected chi connectivity index (χ3v) is 5.23. The van der Waals surface area contributed by atoms with Crippen LogP contribution < -0.4 is 5.73 Å². The predicted octanol–water partition coefficient (Wildman–Crippen LogP) is 7.26. The molecule has 132 valence electrons. The van der Waals surface area contributed by atoms with Gasteiger partial charge in [-0.15, -0.1) is 0 Å². The topological polar surface area (TPSA) is 26.0 Å². The third kappa shape index (κ3) is 4.75. The van der Waals surface area contributed by atoms with E-state index in [1.165, 1.54) is 78.5 Å². The summed E-state index contributed by atoms with van der Waals surface area (Å²) in [6, 6.07) is 17.5. The molecule has 0 aliphatic heterocycles. The van der Waals surface area contributed by atoms with Crippen molar-refractivity contribution in [3.8, 4) is 0 Å². The number of anilines is 1. The van der Waals surface area contributed by atoms with Gasteiger partial charge < -0.3 is 5.73 Å². The van der Waals surface area contributed by atoms with Crippen LogP contribution in [0, 0.1) is 0 Å². The van der Waals surface area contributed by atoms with Gasteiger partial charge in [-0.05, 0) is 64.2 Å². The van der Waals surface area contributed by atoms with E-state index in [0.29, 0.717) is 0 Å². The molecule has 0 unspecified atom stereocenters. The molecule has 3 aromatic carbocycles. The summed E-state index contributed by atoms with van der Waals surface area (Å²) in [5, 5.41) is 5.25. The molecule has 0 heterocycles. The first-order chi connectivity index (χ1) is 12.3. The van der Waals surface area contributed by atoms with Crippen LogP contribution >= 0.6 is 0 Å². The van der Waals surface area contributed by atoms with E-state index in [0.717, 1.165) is 12.1 Å². The van der Waals surface area contributed by atoms with Crippen molar-refractivity contribution < 1.29 is 0 Å². The quantitative estimate of drug-likeness (QED) is 0.249. The largest absolute Gasteiger partial charge is 0.399 e. The highest BCUT2D eigenvalue weighted by atomic mass is 14.5. The second-order valence-electron chi connectivity index (χ2n) is 7.33. The van der Waals surface area contributed by atoms with Crippen LogP contribution in [-0.4, -0.2) is 0 Å². The molecular formula is C24H31N. The van der Waals surface area contributed by atoms with Crippen molar-refractivity contribution in [1.82, 2.24) is 0 Å². The molecular weight excluding hydrogens is 302 g/mol. The zero-order chi connectivity index (χ0) is 17.5. The molecule has 0 bridgehead atoms. The SMILES string of the molecule is CCCCCCCCCCc1cc(N)cc2cc3ccccc3cc12. The lowest BCUT2D eigenvalue weighted by Crippen LogP contribution is -1.93. The van der Waals surface area contributed by atoms with E-state index in [2.05, 4.69) is 55.5 Å². The van der Waals surface area contributed by atoms with Gasteiger partial charge in [0.2, 0.25) is 0 Å². The van der Waals surface area contributed by atoms with E-state index in [4.69, 9.17) is 5.73 Å². The van der Waals surface area contributed by atoms with Crippen LogP contribution in [0.4, 0.5) is 5.69 Å². The van der Waals surface area contributed by atoms with Gasteiger partial charge in [0.25, 0.3) is 0 Å². The molecule has 0 fully saturated rings. The smallest absolute Gasteiger partial charge is 0.0323 e. The van der Waals surface area contributed by atoms with Crippen LogP contribution in [-0.2, 0) is 6.42 Å². The van der Waals surface area contributed by atoms with Crippen molar-refractivity contribution in [2.24, 2.45) is 0 Å². The maximum atomic E-state index is 6.17. The maximum Gasteiger partial charge on any atom is 0.0323 e. The van der Waals surface area contributed by atoms with Crippen molar-refractivity contribution >= 4 is 27.2 Å². The fourth-order valence-corrected chi connectivity index (χ4v) is 3.81. The zero-order valence-corrected chi connectivity index (χ0v) is 15.6. The first-order valence-electron chi connectivity index (χ1n) is 9.99. The molecule has 2 N–H and O–H groups in total. The zero-order valence-electron chi connectivity index (χ0n) is 15.6. The molecule has 1 heteroatoms. The molecule has 3 rings (SSSR count). The number of aryl methyl sites for hydroxylation is 1. The van der Waals surface area contributed by atoms with Crippen LogP contribution in [0.3, 0.4) is 0 Å². The van der Waals surface area contributed by atoms with Gasteiger partial charge in [0.05, 0.1) is 0 Å². The molecule has 0 atom stereocenters. The highest BCUT2D eigenvalue weighted by molar-refractivity contribution is 6.00. The number of fused-ring (bicyclic) bond motifs is 2. The number of nitrogens with two attached hydrogens (primary N) is 1. The predicted molar refractivity (Wildman–Crippen MR) is 112 cm³/mol. The van der Waals surface area contributed by atoms with Crippen LogP contribution in [0.25, 0.3) is 21.5 Å². The second kappa shape index (κ2) is 8.89. The normalized spacial score (nSPS) is 11.4. The number of hydrogen-bond acceptors (Lipinski definition) is 1. The van der Waals surface area contributed by atoms with E-state index in [9.17, 15) is 0 Å². The molecule has 0 radical (unpaired) electrons. The molecule has 0 aliphatic carbocycles. The summed E-state index contributed by atoms with van der Waals surface area (Å²) in [5.74, 6) is 0. The Hall–Kier alpha value is -2.02. The lowest BCUT2D eigenvalue weighted by molar-refractivity contribution is 0.576. The summed E-state index contributed by atoms with van der Waals surface area (Å²) in [7, 11) is 0. The Labute approximate surface area is 152 Å². The third-order valence-electron chi connectivity index (χ3n) is 5.23. The van der Waals surface area contributed by atoms with Crippen molar-refractivity contribution in [2.45, 2.75) is 64.7 Å². The first kappa shape index (κ1) is 17.8. The van der Waals surface area contributed by atoms with Crippen molar-refractivity contribution in [3.05, 3.63) is 54.1 Å². The molecule has 0 spiro atoms. The lowest BCUT2D eigenvalue weighted by Gasteiger charge is -2.10. The molecule has 0 amide bonds. The van der Waals surface area contributed by atoms with Gasteiger partial charge in [0.15, 0.2) is 0 Å². The van der Waals surface area contributed by atoms with Crippen LogP contribution in [0.5, 0.6) is 0 Å². The number of benzene rings is 3. The second-order valence-corrected chi connectivity index (χ2v) is 7.33. The van der Waals surface area contributed by atoms with Crippen LogP contribution in [0.15, 0.2) is 48.5 Å². The van der Waals surface area contributed by atoms with Gasteiger partial charge in [-0.2, -0.15) is 0 Å². The fraction of sp³-hybridized carbons (Fsp3) is 0.417. The number of hydrogen-bond donors (Lipinski definition) is 1. The van der Waals surface area contributed by atoms with Gasteiger partial charge in [-0.3, -0.25) is 0 Å². The minimum atomic E-state index is 0.886. The standard InChI is InChI=1S/C24H31N/c1-2-3-4-5-6-7-8-9-14-21-16-23(25)17-22-15-19-12-10-11-13-20(19)18-24(21)22/h10-13,15-18H,2-9,14,25H2,1H3. The van der Waals surface area contributed by atoms with Gasteiger partial charge >= 0.3 is 0 Å². The van der Waals surface area contributed by atoms with E-state index in [1.807, 2.05) is 0 Å². The summed E-state index contributed by atoms with van der Waals surface area (Å²) in [6.07, 6.45) is 12.0. The van der Waals surface area contributed by atoms with Gasteiger partial charge in [-0.25, -0.2) is 0 Å². The molecule has 0 aliphatic rings. The van der Waals surface area contributed by atoms with E-state index < -0.39 is 0 Å². The Morgan fingerprint density at radius 1 is 0.680 bits per heavy atom. The first-order valence-corrected chi connectivity index (χ1v) is 9.99. The Bertz CT molecular complexity index is 819. The summed E-state index contributed by atoms with van der Waals surface area (Å²) < 4.78 is 0. The fourth-order valence-electron chi connectivity index (χ4n) is 3.81. The molecule has 3 aromatic rings. The molecule has 0 saturated heterocycles. The van der Waals surface area contributed by atoms with Crippen LogP contribution in [0.2, 0.25) is 0 Å². The minimum Gasteiger partial charge on any atom is -0.399 e. The Morgan fingerprint density at radius 2 is 1.32 bits per heavy atom. The van der Waals surface area contributed by atoms with Gasteiger partial charge in [-0.1, -0.05) is 76.1 Å². The maximum absolute atomic E-state index is 6.17. The molecule has 1 nitrogen and oxygen atoms in total. The summed E-state index contributed by atoms with van der Waals surface area (Å²) in [5.41, 5.74) is 8.46. The highest BCUT2D eigenvalue weighted by Crippen LogP contribution is 2.29. The Morgan fingerprint density at radius 3 is 2.04 bits per heavy atom. The monoisotopic (exact) mass is 333 g/mol. The van der Waals surface area contributed by atoms with E-state index >= 15 is 0 Å². The summed E-state index contributed by atoms with van der Waals surface area (Å²) in [4.78, 5) is 0. The lowest BCUT2D eigenvalue weighted by atomic mass is 9.95. The van der Waals surface area contributed by atoms with Gasteiger partial charge in [0.1, 0.15) is 0 Å². The van der Waals surface area contributed by atoms with Crippen molar-refractivity contribution in [2.75, 3.05) is 5.73 Å². The van der Waals surface area contributed by atoms with Crippen molar-refractivity contribution in [1.29, 1.82) is 0 Å². The highest BCUT2D eigenvalue weighted by Gasteiger charge is 2.05. The molecule has 0 aromatic heterocycles. The Kier molecular flexibility index (Phi) is 6.33. The number of unbranched alkanes of at least 4 members (excludes halogenated alkanes) is 7. The minimum absolute atomic E-state index is 0.886.